The molecule has 4 aliphatic rings. The monoisotopic (exact) mass is 344 g/mol. The van der Waals surface area contributed by atoms with Crippen molar-refractivity contribution in [1.29, 1.82) is 0 Å². The maximum Gasteiger partial charge on any atom is -0.0177 e. The van der Waals surface area contributed by atoms with Crippen molar-refractivity contribution in [2.45, 2.75) is 105 Å². The number of hydrogen-bond acceptors (Lipinski definition) is 0. The zero-order valence-electron chi connectivity index (χ0n) is 17.7. The molecule has 4 aliphatic carbocycles. The first-order chi connectivity index (χ1) is 12.2. The normalized spacial score (nSPS) is 48.4. The molecule has 7 unspecified atom stereocenters. The molecule has 0 aromatic rings. The molecule has 0 nitrogen and oxygen atoms in total. The average Bonchev–Trinajstić information content (AvgIpc) is 3.01. The third-order valence-corrected chi connectivity index (χ3v) is 9.37. The minimum Gasteiger partial charge on any atom is -0.103 e. The van der Waals surface area contributed by atoms with Gasteiger partial charge in [0.05, 0.1) is 0 Å². The van der Waals surface area contributed by atoms with Gasteiger partial charge in [0, 0.05) is 0 Å². The Labute approximate surface area is 158 Å². The summed E-state index contributed by atoms with van der Waals surface area (Å²) in [7, 11) is 0. The maximum atomic E-state index is 4.24. The summed E-state index contributed by atoms with van der Waals surface area (Å²) in [6, 6.07) is 0. The lowest BCUT2D eigenvalue weighted by Gasteiger charge is -2.61. The number of hydrogen-bond donors (Lipinski definition) is 0. The molecule has 0 heterocycles. The Kier molecular flexibility index (Phi) is 6.06. The number of rotatable bonds is 3. The van der Waals surface area contributed by atoms with Gasteiger partial charge < -0.3 is 0 Å². The predicted octanol–water partition coefficient (Wildman–Crippen LogP) is 8.03. The van der Waals surface area contributed by atoms with E-state index in [0.717, 1.165) is 29.6 Å². The lowest BCUT2D eigenvalue weighted by Crippen LogP contribution is -2.53. The molecule has 25 heavy (non-hydrogen) atoms. The Morgan fingerprint density at radius 1 is 0.920 bits per heavy atom. The Balaban J connectivity index is 0.000000880. The van der Waals surface area contributed by atoms with Crippen LogP contribution in [-0.4, -0.2) is 0 Å². The molecule has 0 aliphatic heterocycles. The van der Waals surface area contributed by atoms with Crippen LogP contribution in [0.1, 0.15) is 105 Å². The molecule has 0 bridgehead atoms. The molecule has 0 aromatic heterocycles. The van der Waals surface area contributed by atoms with E-state index >= 15 is 0 Å². The second kappa shape index (κ2) is 7.77. The molecule has 0 amide bonds. The van der Waals surface area contributed by atoms with Gasteiger partial charge in [-0.25, -0.2) is 0 Å². The SMILES string of the molecule is C=CC1CCC2C3CCC4CCCCC4(C)C3CCC12CCC.CC. The lowest BCUT2D eigenvalue weighted by atomic mass is 9.44. The van der Waals surface area contributed by atoms with E-state index in [1.54, 1.807) is 25.7 Å². The quantitative estimate of drug-likeness (QED) is 0.454. The highest BCUT2D eigenvalue weighted by atomic mass is 14.6. The zero-order valence-corrected chi connectivity index (χ0v) is 17.7. The number of fused-ring (bicyclic) bond motifs is 5. The Hall–Kier alpha value is -0.260. The van der Waals surface area contributed by atoms with E-state index in [1.165, 1.54) is 51.4 Å². The molecule has 144 valence electrons. The molecular formula is C25H44. The highest BCUT2D eigenvalue weighted by Crippen LogP contribution is 2.68. The third-order valence-electron chi connectivity index (χ3n) is 9.37. The summed E-state index contributed by atoms with van der Waals surface area (Å²) in [4.78, 5) is 0. The summed E-state index contributed by atoms with van der Waals surface area (Å²) in [6.45, 7) is 13.4. The first kappa shape index (κ1) is 19.5. The van der Waals surface area contributed by atoms with Gasteiger partial charge >= 0.3 is 0 Å². The van der Waals surface area contributed by atoms with Crippen molar-refractivity contribution in [1.82, 2.24) is 0 Å². The molecule has 0 spiro atoms. The second-order valence-corrected chi connectivity index (χ2v) is 9.84. The van der Waals surface area contributed by atoms with Crippen molar-refractivity contribution in [3.8, 4) is 0 Å². The summed E-state index contributed by atoms with van der Waals surface area (Å²) < 4.78 is 0. The van der Waals surface area contributed by atoms with Crippen LogP contribution in [0.25, 0.3) is 0 Å². The van der Waals surface area contributed by atoms with Crippen LogP contribution in [0, 0.1) is 40.4 Å². The summed E-state index contributed by atoms with van der Waals surface area (Å²) >= 11 is 0. The van der Waals surface area contributed by atoms with E-state index < -0.39 is 0 Å². The van der Waals surface area contributed by atoms with E-state index in [9.17, 15) is 0 Å². The van der Waals surface area contributed by atoms with E-state index in [1.807, 2.05) is 13.8 Å². The standard InChI is InChI=1S/C23H38.C2H6/c1-4-14-23-16-13-20-19(21(23)12-10-17(23)5-2)11-9-18-8-6-7-15-22(18,20)3;1-2/h5,17-21H,2,4,6-16H2,1,3H3;1-2H3. The second-order valence-electron chi connectivity index (χ2n) is 9.84. The van der Waals surface area contributed by atoms with Crippen LogP contribution in [0.15, 0.2) is 12.7 Å². The van der Waals surface area contributed by atoms with Crippen molar-refractivity contribution >= 4 is 0 Å². The minimum atomic E-state index is 0.648. The summed E-state index contributed by atoms with van der Waals surface area (Å²) in [5, 5.41) is 0. The van der Waals surface area contributed by atoms with E-state index in [2.05, 4.69) is 26.5 Å². The first-order valence-electron chi connectivity index (χ1n) is 11.8. The molecular weight excluding hydrogens is 300 g/mol. The molecule has 0 saturated heterocycles. The molecule has 7 atom stereocenters. The van der Waals surface area contributed by atoms with Crippen LogP contribution in [0.4, 0.5) is 0 Å². The maximum absolute atomic E-state index is 4.24. The Morgan fingerprint density at radius 2 is 1.72 bits per heavy atom. The topological polar surface area (TPSA) is 0 Å². The van der Waals surface area contributed by atoms with E-state index in [-0.39, 0.29) is 0 Å². The highest BCUT2D eigenvalue weighted by Gasteiger charge is 2.60. The van der Waals surface area contributed by atoms with Crippen LogP contribution >= 0.6 is 0 Å². The largest absolute Gasteiger partial charge is 0.103 e. The Bertz CT molecular complexity index is 451. The molecule has 0 heteroatoms. The smallest absolute Gasteiger partial charge is 0.0177 e. The molecule has 4 rings (SSSR count). The van der Waals surface area contributed by atoms with Crippen molar-refractivity contribution in [3.63, 3.8) is 0 Å². The van der Waals surface area contributed by atoms with E-state index in [4.69, 9.17) is 0 Å². The summed E-state index contributed by atoms with van der Waals surface area (Å²) in [6.07, 6.45) is 20.4. The van der Waals surface area contributed by atoms with Crippen LogP contribution in [0.5, 0.6) is 0 Å². The predicted molar refractivity (Wildman–Crippen MR) is 111 cm³/mol. The lowest BCUT2D eigenvalue weighted by molar-refractivity contribution is -0.114. The van der Waals surface area contributed by atoms with Gasteiger partial charge in [0.25, 0.3) is 0 Å². The fourth-order valence-electron chi connectivity index (χ4n) is 8.46. The molecule has 0 radical (unpaired) electrons. The van der Waals surface area contributed by atoms with Crippen LogP contribution in [0.3, 0.4) is 0 Å². The van der Waals surface area contributed by atoms with Gasteiger partial charge in [0.1, 0.15) is 0 Å². The van der Waals surface area contributed by atoms with Gasteiger partial charge in [-0.3, -0.25) is 0 Å². The van der Waals surface area contributed by atoms with Crippen molar-refractivity contribution in [3.05, 3.63) is 12.7 Å². The van der Waals surface area contributed by atoms with Crippen molar-refractivity contribution < 1.29 is 0 Å². The summed E-state index contributed by atoms with van der Waals surface area (Å²) in [5.41, 5.74) is 1.35. The minimum absolute atomic E-state index is 0.648. The fraction of sp³-hybridized carbons (Fsp3) is 0.920. The van der Waals surface area contributed by atoms with Crippen LogP contribution in [0.2, 0.25) is 0 Å². The van der Waals surface area contributed by atoms with E-state index in [0.29, 0.717) is 10.8 Å². The van der Waals surface area contributed by atoms with Crippen molar-refractivity contribution in [2.24, 2.45) is 40.4 Å². The number of allylic oxidation sites excluding steroid dienone is 1. The summed E-state index contributed by atoms with van der Waals surface area (Å²) in [5.74, 6) is 5.03. The third kappa shape index (κ3) is 2.94. The van der Waals surface area contributed by atoms with Gasteiger partial charge in [0.2, 0.25) is 0 Å². The highest BCUT2D eigenvalue weighted by molar-refractivity contribution is 5.12. The van der Waals surface area contributed by atoms with Gasteiger partial charge in [-0.1, -0.05) is 53.0 Å². The Morgan fingerprint density at radius 3 is 2.44 bits per heavy atom. The van der Waals surface area contributed by atoms with Gasteiger partial charge in [0.15, 0.2) is 0 Å². The average molecular weight is 345 g/mol. The van der Waals surface area contributed by atoms with Crippen molar-refractivity contribution in [2.75, 3.05) is 0 Å². The fourth-order valence-corrected chi connectivity index (χ4v) is 8.46. The first-order valence-corrected chi connectivity index (χ1v) is 11.8. The van der Waals surface area contributed by atoms with Gasteiger partial charge in [-0.2, -0.15) is 0 Å². The molecule has 4 fully saturated rings. The molecule has 0 N–H and O–H groups in total. The van der Waals surface area contributed by atoms with Gasteiger partial charge in [-0.15, -0.1) is 6.58 Å². The van der Waals surface area contributed by atoms with Crippen LogP contribution < -0.4 is 0 Å². The molecule has 4 saturated carbocycles. The molecule has 0 aromatic carbocycles. The van der Waals surface area contributed by atoms with Crippen LogP contribution in [-0.2, 0) is 0 Å². The van der Waals surface area contributed by atoms with Gasteiger partial charge in [-0.05, 0) is 98.2 Å². The zero-order chi connectivity index (χ0) is 18.1.